The Labute approximate surface area is 161 Å². The van der Waals surface area contributed by atoms with Crippen LogP contribution in [0.1, 0.15) is 18.4 Å². The summed E-state index contributed by atoms with van der Waals surface area (Å²) in [7, 11) is 0. The van der Waals surface area contributed by atoms with Gasteiger partial charge in [-0.05, 0) is 42.7 Å². The van der Waals surface area contributed by atoms with Crippen LogP contribution in [0.5, 0.6) is 0 Å². The Morgan fingerprint density at radius 3 is 2.37 bits per heavy atom. The molecule has 1 N–H and O–H groups in total. The van der Waals surface area contributed by atoms with Crippen molar-refractivity contribution in [2.24, 2.45) is 5.92 Å². The lowest BCUT2D eigenvalue weighted by atomic mass is 9.95. The predicted molar refractivity (Wildman–Crippen MR) is 99.4 cm³/mol. The number of carbonyl (C=O) groups excluding carboxylic acids is 2. The minimum absolute atomic E-state index is 0.000703. The minimum atomic E-state index is -0.807. The zero-order valence-corrected chi connectivity index (χ0v) is 15.3. The molecule has 0 spiro atoms. The van der Waals surface area contributed by atoms with Gasteiger partial charge in [-0.15, -0.1) is 0 Å². The quantitative estimate of drug-likeness (QED) is 0.853. The van der Waals surface area contributed by atoms with Crippen LogP contribution in [0.2, 0.25) is 5.02 Å². The van der Waals surface area contributed by atoms with Crippen LogP contribution < -0.4 is 5.32 Å². The van der Waals surface area contributed by atoms with E-state index in [1.54, 1.807) is 17.0 Å². The lowest BCUT2D eigenvalue weighted by Crippen LogP contribution is -2.42. The van der Waals surface area contributed by atoms with Crippen molar-refractivity contribution in [3.8, 4) is 0 Å². The molecule has 0 unspecified atom stereocenters. The molecule has 1 aliphatic heterocycles. The molecule has 0 radical (unpaired) electrons. The first kappa shape index (κ1) is 19.3. The number of anilines is 1. The Morgan fingerprint density at radius 1 is 1.07 bits per heavy atom. The third-order valence-electron chi connectivity index (χ3n) is 4.68. The maximum absolute atomic E-state index is 13.7. The smallest absolute Gasteiger partial charge is 0.227 e. The number of piperidine rings is 1. The summed E-state index contributed by atoms with van der Waals surface area (Å²) < 4.78 is 26.6. The van der Waals surface area contributed by atoms with E-state index in [1.807, 2.05) is 12.1 Å². The van der Waals surface area contributed by atoms with E-state index in [9.17, 15) is 18.4 Å². The van der Waals surface area contributed by atoms with Gasteiger partial charge in [0.05, 0.1) is 12.1 Å². The highest BCUT2D eigenvalue weighted by Gasteiger charge is 2.27. The number of benzene rings is 2. The van der Waals surface area contributed by atoms with Gasteiger partial charge in [0.25, 0.3) is 0 Å². The molecular formula is C20H19ClF2N2O2. The molecule has 4 nitrogen and oxygen atoms in total. The molecule has 2 aromatic carbocycles. The zero-order valence-electron chi connectivity index (χ0n) is 14.6. The van der Waals surface area contributed by atoms with E-state index in [0.717, 1.165) is 17.7 Å². The van der Waals surface area contributed by atoms with Crippen molar-refractivity contribution < 1.29 is 18.4 Å². The fourth-order valence-corrected chi connectivity index (χ4v) is 3.23. The number of amides is 2. The van der Waals surface area contributed by atoms with E-state index >= 15 is 0 Å². The van der Waals surface area contributed by atoms with E-state index in [0.29, 0.717) is 31.0 Å². The van der Waals surface area contributed by atoms with Gasteiger partial charge in [-0.1, -0.05) is 23.7 Å². The van der Waals surface area contributed by atoms with Gasteiger partial charge < -0.3 is 10.2 Å². The third kappa shape index (κ3) is 5.04. The molecule has 7 heteroatoms. The molecule has 2 amide bonds. The second kappa shape index (κ2) is 8.48. The number of hydrogen-bond acceptors (Lipinski definition) is 2. The van der Waals surface area contributed by atoms with Crippen molar-refractivity contribution in [3.63, 3.8) is 0 Å². The van der Waals surface area contributed by atoms with Gasteiger partial charge in [0.2, 0.25) is 11.8 Å². The number of nitrogens with zero attached hydrogens (tertiary/aromatic N) is 1. The molecule has 1 heterocycles. The summed E-state index contributed by atoms with van der Waals surface area (Å²) in [6, 6.07) is 10.2. The zero-order chi connectivity index (χ0) is 19.4. The Hall–Kier alpha value is -2.47. The van der Waals surface area contributed by atoms with Crippen LogP contribution in [0.25, 0.3) is 0 Å². The molecule has 142 valence electrons. The van der Waals surface area contributed by atoms with Crippen molar-refractivity contribution in [2.75, 3.05) is 18.4 Å². The molecule has 0 atom stereocenters. The van der Waals surface area contributed by atoms with Gasteiger partial charge in [0.1, 0.15) is 11.6 Å². The highest BCUT2D eigenvalue weighted by Crippen LogP contribution is 2.22. The molecule has 27 heavy (non-hydrogen) atoms. The maximum atomic E-state index is 13.7. The summed E-state index contributed by atoms with van der Waals surface area (Å²) in [5.41, 5.74) is 0.846. The second-order valence-electron chi connectivity index (χ2n) is 6.57. The number of carbonyl (C=O) groups is 2. The topological polar surface area (TPSA) is 49.4 Å². The average Bonchev–Trinajstić information content (AvgIpc) is 2.66. The van der Waals surface area contributed by atoms with Crippen molar-refractivity contribution in [1.82, 2.24) is 4.90 Å². The summed E-state index contributed by atoms with van der Waals surface area (Å²) in [6.45, 7) is 0.937. The van der Waals surface area contributed by atoms with E-state index in [4.69, 9.17) is 11.6 Å². The summed E-state index contributed by atoms with van der Waals surface area (Å²) in [5, 5.41) is 3.12. The fourth-order valence-electron chi connectivity index (χ4n) is 3.11. The van der Waals surface area contributed by atoms with Crippen LogP contribution in [-0.4, -0.2) is 29.8 Å². The average molecular weight is 393 g/mol. The van der Waals surface area contributed by atoms with E-state index in [1.165, 1.54) is 6.07 Å². The van der Waals surface area contributed by atoms with Gasteiger partial charge >= 0.3 is 0 Å². The Morgan fingerprint density at radius 2 is 1.74 bits per heavy atom. The first-order valence-corrected chi connectivity index (χ1v) is 9.08. The van der Waals surface area contributed by atoms with E-state index in [-0.39, 0.29) is 29.8 Å². The lowest BCUT2D eigenvalue weighted by molar-refractivity contribution is -0.133. The van der Waals surface area contributed by atoms with Crippen LogP contribution >= 0.6 is 11.6 Å². The SMILES string of the molecule is O=C(Nc1ccc(F)cc1F)C1CCN(C(=O)Cc2ccc(Cl)cc2)CC1. The molecule has 2 aromatic rings. The molecule has 0 aromatic heterocycles. The van der Waals surface area contributed by atoms with Crippen LogP contribution in [0.3, 0.4) is 0 Å². The molecular weight excluding hydrogens is 374 g/mol. The third-order valence-corrected chi connectivity index (χ3v) is 4.93. The molecule has 1 aliphatic rings. The summed E-state index contributed by atoms with van der Waals surface area (Å²) >= 11 is 5.84. The van der Waals surface area contributed by atoms with Gasteiger partial charge in [0, 0.05) is 30.1 Å². The van der Waals surface area contributed by atoms with Gasteiger partial charge in [-0.25, -0.2) is 8.78 Å². The van der Waals surface area contributed by atoms with Gasteiger partial charge in [0.15, 0.2) is 0 Å². The van der Waals surface area contributed by atoms with Crippen LogP contribution in [0.15, 0.2) is 42.5 Å². The van der Waals surface area contributed by atoms with Crippen molar-refractivity contribution in [1.29, 1.82) is 0 Å². The predicted octanol–water partition coefficient (Wildman–Crippen LogP) is 4.04. The second-order valence-corrected chi connectivity index (χ2v) is 7.01. The van der Waals surface area contributed by atoms with Crippen molar-refractivity contribution in [3.05, 3.63) is 64.7 Å². The molecule has 0 saturated carbocycles. The first-order valence-electron chi connectivity index (χ1n) is 8.70. The Balaban J connectivity index is 1.51. The maximum Gasteiger partial charge on any atom is 0.227 e. The lowest BCUT2D eigenvalue weighted by Gasteiger charge is -2.31. The van der Waals surface area contributed by atoms with Crippen LogP contribution in [-0.2, 0) is 16.0 Å². The van der Waals surface area contributed by atoms with Crippen molar-refractivity contribution in [2.45, 2.75) is 19.3 Å². The molecule has 0 aliphatic carbocycles. The highest BCUT2D eigenvalue weighted by molar-refractivity contribution is 6.30. The minimum Gasteiger partial charge on any atom is -0.342 e. The highest BCUT2D eigenvalue weighted by atomic mass is 35.5. The monoisotopic (exact) mass is 392 g/mol. The number of hydrogen-bond donors (Lipinski definition) is 1. The Bertz CT molecular complexity index is 834. The fraction of sp³-hybridized carbons (Fsp3) is 0.300. The normalized spacial score (nSPS) is 14.9. The largest absolute Gasteiger partial charge is 0.342 e. The van der Waals surface area contributed by atoms with Crippen LogP contribution in [0, 0.1) is 17.6 Å². The summed E-state index contributed by atoms with van der Waals surface area (Å²) in [6.07, 6.45) is 1.29. The number of rotatable bonds is 4. The Kier molecular flexibility index (Phi) is 6.06. The van der Waals surface area contributed by atoms with Gasteiger partial charge in [-0.2, -0.15) is 0 Å². The van der Waals surface area contributed by atoms with Gasteiger partial charge in [-0.3, -0.25) is 9.59 Å². The molecule has 0 bridgehead atoms. The summed E-state index contributed by atoms with van der Waals surface area (Å²) in [5.74, 6) is -2.13. The van der Waals surface area contributed by atoms with Crippen LogP contribution in [0.4, 0.5) is 14.5 Å². The van der Waals surface area contributed by atoms with E-state index in [2.05, 4.69) is 5.32 Å². The number of nitrogens with one attached hydrogen (secondary N) is 1. The molecule has 1 saturated heterocycles. The van der Waals surface area contributed by atoms with Crippen molar-refractivity contribution >= 4 is 29.1 Å². The standard InChI is InChI=1S/C20H19ClF2N2O2/c21-15-3-1-13(2-4-15)11-19(26)25-9-7-14(8-10-25)20(27)24-18-6-5-16(22)12-17(18)23/h1-6,12,14H,7-11H2,(H,24,27). The first-order chi connectivity index (χ1) is 12.9. The van der Waals surface area contributed by atoms with E-state index < -0.39 is 11.6 Å². The molecule has 1 fully saturated rings. The number of likely N-dealkylation sites (tertiary alicyclic amines) is 1. The molecule has 3 rings (SSSR count). The summed E-state index contributed by atoms with van der Waals surface area (Å²) in [4.78, 5) is 26.5. The number of halogens is 3.